The van der Waals surface area contributed by atoms with E-state index in [9.17, 15) is 9.59 Å². The number of carboxylic acid groups (broad SMARTS) is 1. The number of hydrogen-bond donors (Lipinski definition) is 2. The van der Waals surface area contributed by atoms with Crippen LogP contribution in [0.3, 0.4) is 0 Å². The maximum Gasteiger partial charge on any atom is 0.323 e. The second-order valence-electron chi connectivity index (χ2n) is 4.62. The van der Waals surface area contributed by atoms with Crippen molar-refractivity contribution in [2.24, 2.45) is 5.92 Å². The number of nitrogens with zero attached hydrogens (tertiary/aromatic N) is 1. The zero-order chi connectivity index (χ0) is 12.3. The van der Waals surface area contributed by atoms with Crippen LogP contribution in [0.2, 0.25) is 0 Å². The van der Waals surface area contributed by atoms with Crippen molar-refractivity contribution in [2.45, 2.75) is 18.9 Å². The lowest BCUT2D eigenvalue weighted by Gasteiger charge is -2.28. The maximum atomic E-state index is 12.1. The highest BCUT2D eigenvalue weighted by Crippen LogP contribution is 2.29. The lowest BCUT2D eigenvalue weighted by Crippen LogP contribution is -2.51. The van der Waals surface area contributed by atoms with Gasteiger partial charge >= 0.3 is 5.97 Å². The molecule has 17 heavy (non-hydrogen) atoms. The Hall–Kier alpha value is -1.14. The average Bonchev–Trinajstić information content (AvgIpc) is 3.12. The summed E-state index contributed by atoms with van der Waals surface area (Å²) in [5, 5.41) is 11.9. The number of morpholine rings is 1. The molecular weight excluding hydrogens is 224 g/mol. The molecule has 1 saturated carbocycles. The van der Waals surface area contributed by atoms with E-state index in [4.69, 9.17) is 9.84 Å². The summed E-state index contributed by atoms with van der Waals surface area (Å²) in [6.07, 6.45) is 1.65. The number of carboxylic acids is 1. The Balaban J connectivity index is 1.91. The molecule has 6 heteroatoms. The summed E-state index contributed by atoms with van der Waals surface area (Å²) in [6.45, 7) is 2.03. The molecular formula is C11H18N2O4. The Morgan fingerprint density at radius 1 is 1.41 bits per heavy atom. The molecule has 6 nitrogen and oxygen atoms in total. The highest BCUT2D eigenvalue weighted by Gasteiger charge is 2.32. The Kier molecular flexibility index (Phi) is 3.96. The van der Waals surface area contributed by atoms with Crippen molar-refractivity contribution in [3.05, 3.63) is 0 Å². The van der Waals surface area contributed by atoms with Crippen LogP contribution in [0.4, 0.5) is 0 Å². The molecule has 1 unspecified atom stereocenters. The Morgan fingerprint density at radius 3 is 2.71 bits per heavy atom. The van der Waals surface area contributed by atoms with Gasteiger partial charge in [-0.3, -0.25) is 9.59 Å². The van der Waals surface area contributed by atoms with Gasteiger partial charge in [-0.05, 0) is 18.8 Å². The zero-order valence-electron chi connectivity index (χ0n) is 9.72. The molecule has 1 aliphatic carbocycles. The molecule has 1 aliphatic heterocycles. The van der Waals surface area contributed by atoms with Crippen molar-refractivity contribution in [1.29, 1.82) is 0 Å². The van der Waals surface area contributed by atoms with Gasteiger partial charge in [-0.15, -0.1) is 0 Å². The molecule has 2 aliphatic rings. The first kappa shape index (κ1) is 12.3. The molecule has 96 valence electrons. The number of aliphatic carboxylic acids is 1. The van der Waals surface area contributed by atoms with Gasteiger partial charge in [0.05, 0.1) is 6.61 Å². The van der Waals surface area contributed by atoms with Crippen molar-refractivity contribution in [3.63, 3.8) is 0 Å². The van der Waals surface area contributed by atoms with E-state index in [2.05, 4.69) is 5.32 Å². The fraction of sp³-hybridized carbons (Fsp3) is 0.818. The van der Waals surface area contributed by atoms with Gasteiger partial charge in [0, 0.05) is 19.6 Å². The van der Waals surface area contributed by atoms with Crippen LogP contribution in [0.1, 0.15) is 12.8 Å². The van der Waals surface area contributed by atoms with Crippen molar-refractivity contribution in [1.82, 2.24) is 10.2 Å². The van der Waals surface area contributed by atoms with E-state index in [1.54, 1.807) is 0 Å². The number of carbonyl (C=O) groups is 2. The first-order valence-electron chi connectivity index (χ1n) is 5.99. The molecule has 1 atom stereocenters. The fourth-order valence-electron chi connectivity index (χ4n) is 1.94. The Morgan fingerprint density at radius 2 is 2.18 bits per heavy atom. The molecule has 0 aromatic carbocycles. The van der Waals surface area contributed by atoms with E-state index < -0.39 is 12.1 Å². The minimum absolute atomic E-state index is 0.202. The quantitative estimate of drug-likeness (QED) is 0.666. The van der Waals surface area contributed by atoms with Gasteiger partial charge in [-0.1, -0.05) is 0 Å². The van der Waals surface area contributed by atoms with Crippen molar-refractivity contribution in [2.75, 3.05) is 32.8 Å². The molecule has 1 saturated heterocycles. The predicted octanol–water partition coefficient (Wildman–Crippen LogP) is -0.702. The van der Waals surface area contributed by atoms with Crippen molar-refractivity contribution < 1.29 is 19.4 Å². The molecule has 1 amide bonds. The first-order valence-corrected chi connectivity index (χ1v) is 5.99. The zero-order valence-corrected chi connectivity index (χ0v) is 9.72. The van der Waals surface area contributed by atoms with E-state index in [0.29, 0.717) is 25.6 Å². The van der Waals surface area contributed by atoms with Gasteiger partial charge in [0.25, 0.3) is 5.91 Å². The summed E-state index contributed by atoms with van der Waals surface area (Å²) in [5.74, 6) is -0.691. The molecule has 2 rings (SSSR count). The summed E-state index contributed by atoms with van der Waals surface area (Å²) in [5.41, 5.74) is 0. The van der Waals surface area contributed by atoms with Crippen molar-refractivity contribution >= 4 is 11.9 Å². The minimum Gasteiger partial charge on any atom is -0.480 e. The van der Waals surface area contributed by atoms with Gasteiger partial charge in [0.1, 0.15) is 12.6 Å². The lowest BCUT2D eigenvalue weighted by molar-refractivity contribution is -0.152. The second kappa shape index (κ2) is 5.46. The summed E-state index contributed by atoms with van der Waals surface area (Å²) in [4.78, 5) is 24.3. The molecule has 2 N–H and O–H groups in total. The lowest BCUT2D eigenvalue weighted by atomic mass is 10.2. The largest absolute Gasteiger partial charge is 0.480 e. The number of hydrogen-bond acceptors (Lipinski definition) is 4. The monoisotopic (exact) mass is 242 g/mol. The summed E-state index contributed by atoms with van der Waals surface area (Å²) in [7, 11) is 0. The molecule has 0 aromatic rings. The predicted molar refractivity (Wildman–Crippen MR) is 59.5 cm³/mol. The number of ether oxygens (including phenoxy) is 1. The molecule has 0 spiro atoms. The van der Waals surface area contributed by atoms with Crippen LogP contribution < -0.4 is 5.32 Å². The van der Waals surface area contributed by atoms with Gasteiger partial charge < -0.3 is 20.1 Å². The van der Waals surface area contributed by atoms with E-state index >= 15 is 0 Å². The van der Waals surface area contributed by atoms with E-state index in [1.165, 1.54) is 4.90 Å². The van der Waals surface area contributed by atoms with Crippen LogP contribution in [0, 0.1) is 5.92 Å². The summed E-state index contributed by atoms with van der Waals surface area (Å²) in [6, 6.07) is 0. The topological polar surface area (TPSA) is 78.9 Å². The van der Waals surface area contributed by atoms with Crippen LogP contribution in [-0.4, -0.2) is 60.8 Å². The Bertz CT molecular complexity index is 298. The van der Waals surface area contributed by atoms with Crippen LogP contribution in [0.25, 0.3) is 0 Å². The van der Waals surface area contributed by atoms with Gasteiger partial charge in [-0.25, -0.2) is 0 Å². The van der Waals surface area contributed by atoms with Gasteiger partial charge in [0.15, 0.2) is 0 Å². The van der Waals surface area contributed by atoms with Crippen LogP contribution >= 0.6 is 0 Å². The fourth-order valence-corrected chi connectivity index (χ4v) is 1.94. The van der Waals surface area contributed by atoms with Gasteiger partial charge in [-0.2, -0.15) is 0 Å². The second-order valence-corrected chi connectivity index (χ2v) is 4.62. The van der Waals surface area contributed by atoms with E-state index in [0.717, 1.165) is 19.4 Å². The third-order valence-corrected chi connectivity index (χ3v) is 3.02. The number of rotatable bonds is 5. The normalized spacial score (nSPS) is 24.4. The highest BCUT2D eigenvalue weighted by atomic mass is 16.5. The van der Waals surface area contributed by atoms with Gasteiger partial charge in [0.2, 0.25) is 0 Å². The molecule has 0 bridgehead atoms. The smallest absolute Gasteiger partial charge is 0.323 e. The standard InChI is InChI=1S/C11H18N2O4/c14-10(15)7-13(6-8-1-2-8)11(16)9-5-12-3-4-17-9/h8-9,12H,1-7H2,(H,14,15). The van der Waals surface area contributed by atoms with Crippen LogP contribution in [-0.2, 0) is 14.3 Å². The summed E-state index contributed by atoms with van der Waals surface area (Å²) < 4.78 is 5.36. The Labute approximate surface area is 99.9 Å². The van der Waals surface area contributed by atoms with Crippen molar-refractivity contribution in [3.8, 4) is 0 Å². The highest BCUT2D eigenvalue weighted by molar-refractivity contribution is 5.85. The third-order valence-electron chi connectivity index (χ3n) is 3.02. The van der Waals surface area contributed by atoms with Crippen LogP contribution in [0.15, 0.2) is 0 Å². The summed E-state index contributed by atoms with van der Waals surface area (Å²) >= 11 is 0. The molecule has 1 heterocycles. The number of carbonyl (C=O) groups excluding carboxylic acids is 1. The third kappa shape index (κ3) is 3.67. The van der Waals surface area contributed by atoms with E-state index in [1.807, 2.05) is 0 Å². The molecule has 0 radical (unpaired) electrons. The minimum atomic E-state index is -0.970. The number of nitrogens with one attached hydrogen (secondary N) is 1. The SMILES string of the molecule is O=C(O)CN(CC1CC1)C(=O)C1CNCCO1. The first-order chi connectivity index (χ1) is 8.16. The molecule has 0 aromatic heterocycles. The maximum absolute atomic E-state index is 12.1. The van der Waals surface area contributed by atoms with Crippen LogP contribution in [0.5, 0.6) is 0 Å². The van der Waals surface area contributed by atoms with E-state index in [-0.39, 0.29) is 12.5 Å². The average molecular weight is 242 g/mol. The number of amides is 1. The molecule has 2 fully saturated rings.